The summed E-state index contributed by atoms with van der Waals surface area (Å²) < 4.78 is 21.9. The molecule has 38 heavy (non-hydrogen) atoms. The second-order valence-electron chi connectivity index (χ2n) is 8.44. The van der Waals surface area contributed by atoms with Crippen molar-refractivity contribution < 1.29 is 38.7 Å². The van der Waals surface area contributed by atoms with E-state index in [2.05, 4.69) is 0 Å². The van der Waals surface area contributed by atoms with Crippen molar-refractivity contribution in [3.8, 4) is 28.7 Å². The molecule has 1 saturated heterocycles. The quantitative estimate of drug-likeness (QED) is 0.242. The Balaban J connectivity index is 1.97. The van der Waals surface area contributed by atoms with Crippen LogP contribution in [0.2, 0.25) is 0 Å². The summed E-state index contributed by atoms with van der Waals surface area (Å²) in [5, 5.41) is 21.9. The summed E-state index contributed by atoms with van der Waals surface area (Å²) in [7, 11) is 4.38. The second kappa shape index (κ2) is 11.2. The number of likely N-dealkylation sites (tertiary alicyclic amines) is 1. The molecule has 0 aromatic heterocycles. The summed E-state index contributed by atoms with van der Waals surface area (Å²) in [5.41, 5.74) is 1.11. The monoisotopic (exact) mass is 519 g/mol. The van der Waals surface area contributed by atoms with E-state index in [0.717, 1.165) is 0 Å². The largest absolute Gasteiger partial charge is 0.506 e. The van der Waals surface area contributed by atoms with Gasteiger partial charge in [0, 0.05) is 5.56 Å². The predicted molar refractivity (Wildman–Crippen MR) is 140 cm³/mol. The van der Waals surface area contributed by atoms with E-state index in [1.165, 1.54) is 32.3 Å². The minimum Gasteiger partial charge on any atom is -0.506 e. The maximum atomic E-state index is 13.5. The molecular weight excluding hydrogens is 490 g/mol. The van der Waals surface area contributed by atoms with Crippen LogP contribution in [0.5, 0.6) is 28.7 Å². The first kappa shape index (κ1) is 26.4. The number of hydrogen-bond acceptors (Lipinski definition) is 8. The van der Waals surface area contributed by atoms with Crippen LogP contribution in [0, 0.1) is 0 Å². The van der Waals surface area contributed by atoms with Gasteiger partial charge in [0.05, 0.1) is 46.1 Å². The zero-order valence-corrected chi connectivity index (χ0v) is 21.6. The molecule has 2 N–H and O–H groups in total. The summed E-state index contributed by atoms with van der Waals surface area (Å²) in [6, 6.07) is 15.6. The highest BCUT2D eigenvalue weighted by Gasteiger charge is 2.47. The van der Waals surface area contributed by atoms with Gasteiger partial charge < -0.3 is 34.1 Å². The van der Waals surface area contributed by atoms with E-state index >= 15 is 0 Å². The number of rotatable bonds is 9. The summed E-state index contributed by atoms with van der Waals surface area (Å²) in [6.45, 7) is 2.08. The number of phenolic OH excluding ortho intramolecular Hbond substituents is 1. The fraction of sp³-hybridized carbons (Fsp3) is 0.241. The lowest BCUT2D eigenvalue weighted by atomic mass is 9.94. The van der Waals surface area contributed by atoms with E-state index in [9.17, 15) is 19.8 Å². The molecule has 1 aliphatic rings. The number of ketones is 1. The standard InChI is InChI=1S/C29H29NO8/c1-5-38-23-15-17(13-14-19(23)31)26-25(27(32)24-21(36-3)11-8-12-22(24)37-4)28(33)29(34)30(26)16-18-9-6-7-10-20(18)35-2/h6-15,26,31-32H,5,16H2,1-4H3/b27-25+. The first-order valence-corrected chi connectivity index (χ1v) is 11.9. The molecule has 1 heterocycles. The van der Waals surface area contributed by atoms with E-state index in [-0.39, 0.29) is 47.3 Å². The van der Waals surface area contributed by atoms with Crippen molar-refractivity contribution in [2.75, 3.05) is 27.9 Å². The highest BCUT2D eigenvalue weighted by atomic mass is 16.5. The zero-order valence-electron chi connectivity index (χ0n) is 21.6. The molecule has 3 aromatic rings. The van der Waals surface area contributed by atoms with E-state index in [1.54, 1.807) is 61.5 Å². The third-order valence-corrected chi connectivity index (χ3v) is 6.34. The molecular formula is C29H29NO8. The van der Waals surface area contributed by atoms with Crippen LogP contribution in [-0.2, 0) is 16.1 Å². The highest BCUT2D eigenvalue weighted by Crippen LogP contribution is 2.45. The van der Waals surface area contributed by atoms with Crippen LogP contribution in [0.1, 0.15) is 29.7 Å². The van der Waals surface area contributed by atoms with Crippen molar-refractivity contribution in [3.63, 3.8) is 0 Å². The normalized spacial score (nSPS) is 16.4. The van der Waals surface area contributed by atoms with Gasteiger partial charge in [-0.25, -0.2) is 0 Å². The fourth-order valence-electron chi connectivity index (χ4n) is 4.60. The molecule has 198 valence electrons. The Morgan fingerprint density at radius 2 is 1.50 bits per heavy atom. The summed E-state index contributed by atoms with van der Waals surface area (Å²) in [4.78, 5) is 28.4. The Labute approximate surface area is 220 Å². The van der Waals surface area contributed by atoms with E-state index < -0.39 is 23.5 Å². The van der Waals surface area contributed by atoms with Crippen LogP contribution in [0.4, 0.5) is 0 Å². The van der Waals surface area contributed by atoms with Crippen molar-refractivity contribution in [2.24, 2.45) is 0 Å². The van der Waals surface area contributed by atoms with Gasteiger partial charge in [0.15, 0.2) is 11.5 Å². The number of phenols is 1. The Hall–Kier alpha value is -4.66. The molecule has 0 radical (unpaired) electrons. The molecule has 0 aliphatic carbocycles. The van der Waals surface area contributed by atoms with Crippen LogP contribution in [0.25, 0.3) is 5.76 Å². The number of carbonyl (C=O) groups is 2. The highest BCUT2D eigenvalue weighted by molar-refractivity contribution is 6.46. The number of carbonyl (C=O) groups excluding carboxylic acids is 2. The molecule has 1 unspecified atom stereocenters. The van der Waals surface area contributed by atoms with Crippen LogP contribution in [0.15, 0.2) is 66.2 Å². The lowest BCUT2D eigenvalue weighted by molar-refractivity contribution is -0.140. The number of hydrogen-bond donors (Lipinski definition) is 2. The fourth-order valence-corrected chi connectivity index (χ4v) is 4.60. The Kier molecular flexibility index (Phi) is 7.76. The smallest absolute Gasteiger partial charge is 0.295 e. The van der Waals surface area contributed by atoms with E-state index in [4.69, 9.17) is 18.9 Å². The summed E-state index contributed by atoms with van der Waals surface area (Å²) in [5.74, 6) is -0.971. The Morgan fingerprint density at radius 3 is 2.13 bits per heavy atom. The maximum Gasteiger partial charge on any atom is 0.295 e. The first-order valence-electron chi connectivity index (χ1n) is 11.9. The van der Waals surface area contributed by atoms with Crippen LogP contribution in [-0.4, -0.2) is 54.7 Å². The number of ether oxygens (including phenoxy) is 4. The zero-order chi connectivity index (χ0) is 27.4. The molecule has 3 aromatic carbocycles. The van der Waals surface area contributed by atoms with Gasteiger partial charge in [-0.3, -0.25) is 9.59 Å². The van der Waals surface area contributed by atoms with Gasteiger partial charge in [-0.2, -0.15) is 0 Å². The number of benzene rings is 3. The van der Waals surface area contributed by atoms with Gasteiger partial charge in [-0.1, -0.05) is 30.3 Å². The SMILES string of the molecule is CCOc1cc(C2/C(=C(\O)c3c(OC)cccc3OC)C(=O)C(=O)N2Cc2ccccc2OC)ccc1O. The molecule has 0 saturated carbocycles. The number of Topliss-reactive ketones (excluding diaryl/α,β-unsaturated/α-hetero) is 1. The number of aromatic hydroxyl groups is 1. The maximum absolute atomic E-state index is 13.5. The summed E-state index contributed by atoms with van der Waals surface area (Å²) in [6.07, 6.45) is 0. The predicted octanol–water partition coefficient (Wildman–Crippen LogP) is 4.44. The van der Waals surface area contributed by atoms with Gasteiger partial charge in [-0.15, -0.1) is 0 Å². The number of amides is 1. The topological polar surface area (TPSA) is 115 Å². The minimum atomic E-state index is -1.02. The Bertz CT molecular complexity index is 1370. The van der Waals surface area contributed by atoms with Gasteiger partial charge in [-0.05, 0) is 42.8 Å². The average molecular weight is 520 g/mol. The molecule has 1 fully saturated rings. The van der Waals surface area contributed by atoms with Crippen LogP contribution in [0.3, 0.4) is 0 Å². The number of para-hydroxylation sites is 1. The molecule has 4 rings (SSSR count). The third-order valence-electron chi connectivity index (χ3n) is 6.34. The van der Waals surface area contributed by atoms with Crippen molar-refractivity contribution in [3.05, 3.63) is 82.9 Å². The molecule has 1 aliphatic heterocycles. The third kappa shape index (κ3) is 4.70. The Morgan fingerprint density at radius 1 is 0.868 bits per heavy atom. The first-order chi connectivity index (χ1) is 18.4. The molecule has 1 atom stereocenters. The number of aliphatic hydroxyl groups excluding tert-OH is 1. The van der Waals surface area contributed by atoms with Gasteiger partial charge in [0.2, 0.25) is 0 Å². The van der Waals surface area contributed by atoms with Crippen molar-refractivity contribution in [1.29, 1.82) is 0 Å². The molecule has 0 bridgehead atoms. The van der Waals surface area contributed by atoms with Gasteiger partial charge >= 0.3 is 0 Å². The number of methoxy groups -OCH3 is 3. The average Bonchev–Trinajstić information content (AvgIpc) is 3.18. The molecule has 9 nitrogen and oxygen atoms in total. The lowest BCUT2D eigenvalue weighted by Crippen LogP contribution is -2.29. The van der Waals surface area contributed by atoms with Crippen LogP contribution < -0.4 is 18.9 Å². The van der Waals surface area contributed by atoms with Gasteiger partial charge in [0.1, 0.15) is 28.6 Å². The lowest BCUT2D eigenvalue weighted by Gasteiger charge is -2.26. The van der Waals surface area contributed by atoms with E-state index in [0.29, 0.717) is 16.9 Å². The minimum absolute atomic E-state index is 0.0178. The van der Waals surface area contributed by atoms with Crippen LogP contribution >= 0.6 is 0 Å². The molecule has 0 spiro atoms. The van der Waals surface area contributed by atoms with Crippen molar-refractivity contribution in [1.82, 2.24) is 4.90 Å². The molecule has 9 heteroatoms. The number of aliphatic hydroxyl groups is 1. The number of nitrogens with zero attached hydrogens (tertiary/aromatic N) is 1. The van der Waals surface area contributed by atoms with Gasteiger partial charge in [0.25, 0.3) is 11.7 Å². The summed E-state index contributed by atoms with van der Waals surface area (Å²) >= 11 is 0. The van der Waals surface area contributed by atoms with Crippen molar-refractivity contribution in [2.45, 2.75) is 19.5 Å². The van der Waals surface area contributed by atoms with E-state index in [1.807, 2.05) is 0 Å². The van der Waals surface area contributed by atoms with Crippen molar-refractivity contribution >= 4 is 17.4 Å². The molecule has 1 amide bonds. The second-order valence-corrected chi connectivity index (χ2v) is 8.44.